The number of ether oxygens (including phenoxy) is 2. The lowest BCUT2D eigenvalue weighted by atomic mass is 9.69. The minimum atomic E-state index is -0.726. The lowest BCUT2D eigenvalue weighted by Gasteiger charge is -2.40. The second-order valence-electron chi connectivity index (χ2n) is 7.84. The third-order valence-electron chi connectivity index (χ3n) is 6.11. The molecule has 0 fully saturated rings. The zero-order valence-corrected chi connectivity index (χ0v) is 18.2. The maximum atomic E-state index is 13.5. The Bertz CT molecular complexity index is 1070. The van der Waals surface area contributed by atoms with Crippen molar-refractivity contribution in [1.82, 2.24) is 5.32 Å². The van der Waals surface area contributed by atoms with E-state index in [1.54, 1.807) is 7.11 Å². The molecule has 0 aromatic heterocycles. The van der Waals surface area contributed by atoms with Crippen LogP contribution in [0.4, 0.5) is 0 Å². The molecule has 0 radical (unpaired) electrons. The predicted octanol–water partition coefficient (Wildman–Crippen LogP) is 4.74. The number of rotatable bonds is 4. The van der Waals surface area contributed by atoms with Crippen molar-refractivity contribution in [3.63, 3.8) is 0 Å². The average Bonchev–Trinajstić information content (AvgIpc) is 2.78. The Hall–Kier alpha value is -3.05. The smallest absolute Gasteiger partial charge is 0.315 e. The molecule has 0 amide bonds. The highest BCUT2D eigenvalue weighted by Crippen LogP contribution is 2.49. The van der Waals surface area contributed by atoms with Crippen molar-refractivity contribution in [2.75, 3.05) is 14.2 Å². The largest absolute Gasteiger partial charge is 0.496 e. The van der Waals surface area contributed by atoms with Gasteiger partial charge >= 0.3 is 5.97 Å². The lowest BCUT2D eigenvalue weighted by molar-refractivity contribution is -0.144. The topological polar surface area (TPSA) is 64.6 Å². The molecular formula is C25H24ClNO4. The van der Waals surface area contributed by atoms with Crippen LogP contribution in [0.25, 0.3) is 0 Å². The van der Waals surface area contributed by atoms with Crippen LogP contribution in [-0.2, 0) is 14.3 Å². The van der Waals surface area contributed by atoms with Crippen LogP contribution in [0, 0.1) is 5.92 Å². The minimum Gasteiger partial charge on any atom is -0.496 e. The first-order valence-corrected chi connectivity index (χ1v) is 10.5. The van der Waals surface area contributed by atoms with Crippen LogP contribution in [0.5, 0.6) is 5.75 Å². The second-order valence-corrected chi connectivity index (χ2v) is 8.28. The van der Waals surface area contributed by atoms with Crippen molar-refractivity contribution in [1.29, 1.82) is 0 Å². The summed E-state index contributed by atoms with van der Waals surface area (Å²) >= 11 is 6.03. The Kier molecular flexibility index (Phi) is 5.88. The van der Waals surface area contributed by atoms with Crippen molar-refractivity contribution < 1.29 is 19.1 Å². The predicted molar refractivity (Wildman–Crippen MR) is 119 cm³/mol. The zero-order valence-electron chi connectivity index (χ0n) is 17.5. The molecular weight excluding hydrogens is 414 g/mol. The summed E-state index contributed by atoms with van der Waals surface area (Å²) in [5, 5.41) is 3.92. The van der Waals surface area contributed by atoms with Crippen LogP contribution in [0.1, 0.15) is 35.8 Å². The molecule has 0 saturated carbocycles. The van der Waals surface area contributed by atoms with E-state index in [1.165, 1.54) is 7.11 Å². The Morgan fingerprint density at radius 3 is 2.48 bits per heavy atom. The first kappa shape index (κ1) is 21.2. The standard InChI is InChI=1S/C25H24ClNO4/c1-14-22(25(29)31-3)23(18-6-4-5-7-21(18)30-2)24-19(27-14)12-16(13-20(24)28)15-8-10-17(26)11-9-15/h4-11,16,22-23,27H,1,12-13H2,2-3H3. The molecule has 160 valence electrons. The first-order valence-electron chi connectivity index (χ1n) is 10.1. The molecule has 2 aromatic rings. The van der Waals surface area contributed by atoms with Gasteiger partial charge in [0.05, 0.1) is 14.2 Å². The number of allylic oxidation sites excluding steroid dienone is 2. The highest BCUT2D eigenvalue weighted by molar-refractivity contribution is 6.30. The van der Waals surface area contributed by atoms with Crippen LogP contribution in [0.3, 0.4) is 0 Å². The molecule has 1 N–H and O–H groups in total. The third kappa shape index (κ3) is 3.86. The van der Waals surface area contributed by atoms with E-state index in [9.17, 15) is 9.59 Å². The molecule has 5 nitrogen and oxygen atoms in total. The number of halogens is 1. The summed E-state index contributed by atoms with van der Waals surface area (Å²) in [6, 6.07) is 15.0. The number of methoxy groups -OCH3 is 2. The van der Waals surface area contributed by atoms with E-state index in [0.29, 0.717) is 34.9 Å². The maximum absolute atomic E-state index is 13.5. The van der Waals surface area contributed by atoms with E-state index in [2.05, 4.69) is 11.9 Å². The highest BCUT2D eigenvalue weighted by Gasteiger charge is 2.46. The molecule has 0 saturated heterocycles. The van der Waals surface area contributed by atoms with Crippen LogP contribution >= 0.6 is 11.6 Å². The number of esters is 1. The van der Waals surface area contributed by atoms with E-state index in [4.69, 9.17) is 21.1 Å². The fourth-order valence-electron chi connectivity index (χ4n) is 4.68. The average molecular weight is 438 g/mol. The summed E-state index contributed by atoms with van der Waals surface area (Å²) in [7, 11) is 2.93. The molecule has 31 heavy (non-hydrogen) atoms. The number of hydrogen-bond donors (Lipinski definition) is 1. The number of Topliss-reactive ketones (excluding diaryl/α,β-unsaturated/α-hetero) is 1. The molecule has 2 aromatic carbocycles. The Balaban J connectivity index is 1.83. The SMILES string of the molecule is C=C1NC2=C(C(=O)CC(c3ccc(Cl)cc3)C2)C(c2ccccc2OC)C1C(=O)OC. The van der Waals surface area contributed by atoms with E-state index in [1.807, 2.05) is 48.5 Å². The molecule has 6 heteroatoms. The van der Waals surface area contributed by atoms with Gasteiger partial charge in [-0.05, 0) is 36.1 Å². The van der Waals surface area contributed by atoms with Crippen LogP contribution < -0.4 is 10.1 Å². The highest BCUT2D eigenvalue weighted by atomic mass is 35.5. The van der Waals surface area contributed by atoms with Crippen molar-refractivity contribution >= 4 is 23.4 Å². The molecule has 4 rings (SSSR count). The maximum Gasteiger partial charge on any atom is 0.315 e. The Labute approximate surface area is 186 Å². The van der Waals surface area contributed by atoms with E-state index in [0.717, 1.165) is 16.8 Å². The fourth-order valence-corrected chi connectivity index (χ4v) is 4.81. The summed E-state index contributed by atoms with van der Waals surface area (Å²) in [4.78, 5) is 26.2. The normalized spacial score (nSPS) is 23.1. The van der Waals surface area contributed by atoms with Crippen molar-refractivity contribution in [2.24, 2.45) is 5.92 Å². The van der Waals surface area contributed by atoms with Gasteiger partial charge in [-0.2, -0.15) is 0 Å². The molecule has 2 aliphatic rings. The van der Waals surface area contributed by atoms with Gasteiger partial charge in [0.25, 0.3) is 0 Å². The summed E-state index contributed by atoms with van der Waals surface area (Å²) < 4.78 is 10.6. The van der Waals surface area contributed by atoms with Crippen molar-refractivity contribution in [3.8, 4) is 5.75 Å². The van der Waals surface area contributed by atoms with Gasteiger partial charge in [0.15, 0.2) is 5.78 Å². The number of carbonyl (C=O) groups is 2. The molecule has 1 aliphatic heterocycles. The molecule has 0 bridgehead atoms. The van der Waals surface area contributed by atoms with Gasteiger partial charge < -0.3 is 14.8 Å². The molecule has 1 aliphatic carbocycles. The molecule has 3 unspecified atom stereocenters. The number of benzene rings is 2. The first-order chi connectivity index (χ1) is 14.9. The van der Waals surface area contributed by atoms with E-state index >= 15 is 0 Å². The quantitative estimate of drug-likeness (QED) is 0.700. The Morgan fingerprint density at radius 2 is 1.81 bits per heavy atom. The number of nitrogens with one attached hydrogen (secondary N) is 1. The van der Waals surface area contributed by atoms with Gasteiger partial charge in [-0.15, -0.1) is 0 Å². The summed E-state index contributed by atoms with van der Waals surface area (Å²) in [6.45, 7) is 4.11. The van der Waals surface area contributed by atoms with Gasteiger partial charge in [-0.1, -0.05) is 48.5 Å². The van der Waals surface area contributed by atoms with Crippen LogP contribution in [0.2, 0.25) is 5.02 Å². The molecule has 1 heterocycles. The lowest BCUT2D eigenvalue weighted by Crippen LogP contribution is -2.42. The van der Waals surface area contributed by atoms with Gasteiger partial charge in [0.1, 0.15) is 11.7 Å². The van der Waals surface area contributed by atoms with Crippen molar-refractivity contribution in [2.45, 2.75) is 24.7 Å². The molecule has 3 atom stereocenters. The van der Waals surface area contributed by atoms with Crippen LogP contribution in [-0.4, -0.2) is 26.0 Å². The fraction of sp³-hybridized carbons (Fsp3) is 0.280. The third-order valence-corrected chi connectivity index (χ3v) is 6.36. The van der Waals surface area contributed by atoms with Gasteiger partial charge in [-0.25, -0.2) is 0 Å². The number of para-hydroxylation sites is 1. The Morgan fingerprint density at radius 1 is 1.10 bits per heavy atom. The van der Waals surface area contributed by atoms with Crippen molar-refractivity contribution in [3.05, 3.63) is 88.2 Å². The van der Waals surface area contributed by atoms with Crippen LogP contribution in [0.15, 0.2) is 72.1 Å². The molecule has 0 spiro atoms. The number of carbonyl (C=O) groups excluding carboxylic acids is 2. The van der Waals surface area contributed by atoms with Gasteiger partial charge in [-0.3, -0.25) is 9.59 Å². The zero-order chi connectivity index (χ0) is 22.1. The summed E-state index contributed by atoms with van der Waals surface area (Å²) in [5.41, 5.74) is 3.76. The number of hydrogen-bond acceptors (Lipinski definition) is 5. The van der Waals surface area contributed by atoms with Gasteiger partial charge in [0, 0.05) is 39.9 Å². The second kappa shape index (κ2) is 8.60. The number of ketones is 1. The van der Waals surface area contributed by atoms with Gasteiger partial charge in [0.2, 0.25) is 0 Å². The minimum absolute atomic E-state index is 0.00556. The monoisotopic (exact) mass is 437 g/mol. The summed E-state index contributed by atoms with van der Waals surface area (Å²) in [6.07, 6.45) is 0.995. The van der Waals surface area contributed by atoms with E-state index < -0.39 is 17.8 Å². The summed E-state index contributed by atoms with van der Waals surface area (Å²) in [5.74, 6) is -1.03. The van der Waals surface area contributed by atoms with E-state index in [-0.39, 0.29) is 11.7 Å².